The second-order valence-electron chi connectivity index (χ2n) is 10.2. The minimum atomic E-state index is -1.98. The number of benzene rings is 2. The van der Waals surface area contributed by atoms with Crippen LogP contribution in [0.15, 0.2) is 39.5 Å². The summed E-state index contributed by atoms with van der Waals surface area (Å²) in [5.41, 5.74) is -2.16. The lowest BCUT2D eigenvalue weighted by atomic mass is 9.85. The van der Waals surface area contributed by atoms with Crippen molar-refractivity contribution >= 4 is 11.0 Å². The molecule has 2 fully saturated rings. The number of aromatic hydroxyl groups is 3. The molecule has 0 amide bonds. The van der Waals surface area contributed by atoms with E-state index in [9.17, 15) is 55.9 Å². The molecule has 2 aliphatic heterocycles. The predicted octanol–water partition coefficient (Wildman–Crippen LogP) is -1.37. The fourth-order valence-electron chi connectivity index (χ4n) is 5.34. The number of ether oxygens (including phenoxy) is 2. The van der Waals surface area contributed by atoms with Crippen molar-refractivity contribution in [3.8, 4) is 28.6 Å². The summed E-state index contributed by atoms with van der Waals surface area (Å²) in [6.45, 7) is 0.552. The first-order valence-corrected chi connectivity index (χ1v) is 12.7. The number of phenols is 3. The minimum Gasteiger partial charge on any atom is -0.508 e. The van der Waals surface area contributed by atoms with Crippen LogP contribution in [0, 0.1) is 0 Å². The Hall–Kier alpha value is -3.31. The minimum absolute atomic E-state index is 0.0719. The first-order valence-electron chi connectivity index (χ1n) is 12.7. The number of fused-ring (bicyclic) bond motifs is 1. The molecule has 0 unspecified atom stereocenters. The third kappa shape index (κ3) is 4.72. The Kier molecular flexibility index (Phi) is 7.71. The molecule has 10 N–H and O–H groups in total. The fourth-order valence-corrected chi connectivity index (χ4v) is 5.34. The van der Waals surface area contributed by atoms with Crippen molar-refractivity contribution < 1.29 is 65.0 Å². The molecule has 41 heavy (non-hydrogen) atoms. The number of rotatable bonds is 4. The molecule has 14 nitrogen and oxygen atoms in total. The van der Waals surface area contributed by atoms with Gasteiger partial charge in [-0.25, -0.2) is 0 Å². The maximum absolute atomic E-state index is 13.4. The van der Waals surface area contributed by atoms with Gasteiger partial charge >= 0.3 is 0 Å². The van der Waals surface area contributed by atoms with Gasteiger partial charge in [-0.3, -0.25) is 4.79 Å². The molecule has 2 aromatic carbocycles. The van der Waals surface area contributed by atoms with E-state index in [1.807, 2.05) is 0 Å². The Labute approximate surface area is 231 Å². The molecular weight excluding hydrogens is 548 g/mol. The van der Waals surface area contributed by atoms with Gasteiger partial charge in [-0.1, -0.05) is 0 Å². The average molecular weight is 579 g/mol. The third-order valence-corrected chi connectivity index (χ3v) is 7.66. The van der Waals surface area contributed by atoms with Gasteiger partial charge in [0.15, 0.2) is 11.0 Å². The van der Waals surface area contributed by atoms with Gasteiger partial charge in [-0.05, 0) is 31.2 Å². The maximum Gasteiger partial charge on any atom is 0.197 e. The molecule has 5 rings (SSSR count). The average Bonchev–Trinajstić information content (AvgIpc) is 2.94. The van der Waals surface area contributed by atoms with E-state index in [0.29, 0.717) is 5.56 Å². The van der Waals surface area contributed by atoms with E-state index in [1.165, 1.54) is 31.2 Å². The van der Waals surface area contributed by atoms with Crippen LogP contribution in [-0.4, -0.2) is 107 Å². The molecule has 0 aliphatic carbocycles. The largest absolute Gasteiger partial charge is 0.508 e. The van der Waals surface area contributed by atoms with E-state index < -0.39 is 107 Å². The van der Waals surface area contributed by atoms with Crippen LogP contribution >= 0.6 is 0 Å². The highest BCUT2D eigenvalue weighted by molar-refractivity contribution is 5.92. The van der Waals surface area contributed by atoms with Gasteiger partial charge in [0.1, 0.15) is 83.3 Å². The van der Waals surface area contributed by atoms with E-state index in [-0.39, 0.29) is 11.5 Å². The molecular formula is C27H30O14. The normalized spacial score (nSPS) is 34.1. The highest BCUT2D eigenvalue weighted by atomic mass is 16.5. The molecule has 1 aromatic heterocycles. The van der Waals surface area contributed by atoms with Crippen LogP contribution in [0.3, 0.4) is 0 Å². The van der Waals surface area contributed by atoms with Gasteiger partial charge in [-0.2, -0.15) is 0 Å². The quantitative estimate of drug-likeness (QED) is 0.172. The zero-order valence-electron chi connectivity index (χ0n) is 21.5. The predicted molar refractivity (Wildman–Crippen MR) is 137 cm³/mol. The molecule has 10 atom stereocenters. The fraction of sp³-hybridized carbons (Fsp3) is 0.444. The van der Waals surface area contributed by atoms with Crippen molar-refractivity contribution in [3.05, 3.63) is 51.7 Å². The van der Waals surface area contributed by atoms with Crippen LogP contribution in [0.1, 0.15) is 30.3 Å². The molecule has 222 valence electrons. The molecule has 0 bridgehead atoms. The smallest absolute Gasteiger partial charge is 0.197 e. The lowest BCUT2D eigenvalue weighted by Crippen LogP contribution is -2.55. The van der Waals surface area contributed by atoms with Crippen LogP contribution in [0.25, 0.3) is 22.3 Å². The van der Waals surface area contributed by atoms with Crippen molar-refractivity contribution in [1.29, 1.82) is 0 Å². The van der Waals surface area contributed by atoms with Gasteiger partial charge < -0.3 is 65.0 Å². The van der Waals surface area contributed by atoms with Gasteiger partial charge in [0.25, 0.3) is 0 Å². The molecule has 0 saturated carbocycles. The number of aliphatic hydroxyl groups is 7. The molecule has 0 radical (unpaired) electrons. The van der Waals surface area contributed by atoms with E-state index in [4.69, 9.17) is 13.9 Å². The van der Waals surface area contributed by atoms with Crippen LogP contribution in [-0.2, 0) is 9.47 Å². The Morgan fingerprint density at radius 1 is 0.732 bits per heavy atom. The number of hydrogen-bond donors (Lipinski definition) is 10. The van der Waals surface area contributed by atoms with Crippen LogP contribution in [0.4, 0.5) is 0 Å². The highest BCUT2D eigenvalue weighted by Crippen LogP contribution is 2.50. The summed E-state index contributed by atoms with van der Waals surface area (Å²) in [6.07, 6.45) is -16.9. The van der Waals surface area contributed by atoms with Gasteiger partial charge in [0.05, 0.1) is 23.8 Å². The number of phenolic OH excluding ortho intramolecular Hbond substituents is 3. The highest BCUT2D eigenvalue weighted by Gasteiger charge is 2.49. The topological polar surface area (TPSA) is 251 Å². The molecule has 2 aliphatic rings. The lowest BCUT2D eigenvalue weighted by Gasteiger charge is -2.42. The number of aliphatic hydroxyl groups excluding tert-OH is 7. The van der Waals surface area contributed by atoms with E-state index in [1.54, 1.807) is 0 Å². The first kappa shape index (κ1) is 29.2. The Bertz CT molecular complexity index is 1480. The van der Waals surface area contributed by atoms with Crippen molar-refractivity contribution in [1.82, 2.24) is 0 Å². The standard InChI is InChI=1S/C27H30O14/c1-8-17(31)21(35)23(37)27(39-8)16-20(34)15(26-24(38)22(36)18(32)13(7-28)41-26)19(33)14-11(30)6-12(40-25(14)16)9-2-4-10(29)5-3-9/h2-6,8,13,17-18,21-24,26-29,31-38H,7H2,1H3/t8-,13+,17+,18+,21-,22-,23-,24+,26-,27-/m0/s1. The summed E-state index contributed by atoms with van der Waals surface area (Å²) in [4.78, 5) is 13.4. The van der Waals surface area contributed by atoms with Gasteiger partial charge in [-0.15, -0.1) is 0 Å². The van der Waals surface area contributed by atoms with Crippen LogP contribution in [0.5, 0.6) is 17.2 Å². The second kappa shape index (κ2) is 10.8. The van der Waals surface area contributed by atoms with Crippen molar-refractivity contribution in [2.75, 3.05) is 6.61 Å². The SMILES string of the molecule is C[C@@H]1O[C@@H](c2c(O)c([C@@H]3O[C@H](CO)[C@@H](O)[C@H](O)[C@H]3O)c(O)c3c(=O)cc(-c4ccc(O)cc4)oc23)[C@@H](O)[C@@H](O)[C@@H]1O. The van der Waals surface area contributed by atoms with Gasteiger partial charge in [0.2, 0.25) is 0 Å². The Balaban J connectivity index is 1.81. The van der Waals surface area contributed by atoms with Gasteiger partial charge in [0, 0.05) is 11.6 Å². The first-order chi connectivity index (χ1) is 19.4. The summed E-state index contributed by atoms with van der Waals surface area (Å²) in [5.74, 6) is -2.01. The van der Waals surface area contributed by atoms with Crippen molar-refractivity contribution in [2.24, 2.45) is 0 Å². The summed E-state index contributed by atoms with van der Waals surface area (Å²) in [5, 5.41) is 104. The van der Waals surface area contributed by atoms with E-state index in [0.717, 1.165) is 6.07 Å². The third-order valence-electron chi connectivity index (χ3n) is 7.66. The zero-order chi connectivity index (χ0) is 29.9. The second-order valence-corrected chi connectivity index (χ2v) is 10.2. The number of hydrogen-bond acceptors (Lipinski definition) is 14. The van der Waals surface area contributed by atoms with Crippen molar-refractivity contribution in [3.63, 3.8) is 0 Å². The summed E-state index contributed by atoms with van der Waals surface area (Å²) in [7, 11) is 0. The summed E-state index contributed by atoms with van der Waals surface area (Å²) >= 11 is 0. The van der Waals surface area contributed by atoms with Crippen LogP contribution in [0.2, 0.25) is 0 Å². The molecule has 3 heterocycles. The Morgan fingerprint density at radius 2 is 1.32 bits per heavy atom. The lowest BCUT2D eigenvalue weighted by molar-refractivity contribution is -0.232. The monoisotopic (exact) mass is 578 g/mol. The zero-order valence-corrected chi connectivity index (χ0v) is 21.5. The molecule has 3 aromatic rings. The summed E-state index contributed by atoms with van der Waals surface area (Å²) in [6, 6.07) is 6.51. The van der Waals surface area contributed by atoms with E-state index >= 15 is 0 Å². The Morgan fingerprint density at radius 3 is 1.93 bits per heavy atom. The summed E-state index contributed by atoms with van der Waals surface area (Å²) < 4.78 is 17.2. The maximum atomic E-state index is 13.4. The van der Waals surface area contributed by atoms with Crippen molar-refractivity contribution in [2.45, 2.75) is 68.0 Å². The van der Waals surface area contributed by atoms with E-state index in [2.05, 4.69) is 0 Å². The molecule has 2 saturated heterocycles. The van der Waals surface area contributed by atoms with Crippen LogP contribution < -0.4 is 5.43 Å². The molecule has 14 heteroatoms. The molecule has 0 spiro atoms.